The van der Waals surface area contributed by atoms with Gasteiger partial charge < -0.3 is 19.9 Å². The van der Waals surface area contributed by atoms with E-state index in [0.29, 0.717) is 36.8 Å². The molecule has 166 valence electrons. The maximum Gasteiger partial charge on any atom is 0.251 e. The van der Waals surface area contributed by atoms with Gasteiger partial charge >= 0.3 is 0 Å². The van der Waals surface area contributed by atoms with E-state index >= 15 is 0 Å². The van der Waals surface area contributed by atoms with Crippen molar-refractivity contribution in [1.82, 2.24) is 15.2 Å². The highest BCUT2D eigenvalue weighted by Gasteiger charge is 2.23. The Hall–Kier alpha value is -3.32. The van der Waals surface area contributed by atoms with Gasteiger partial charge in [0.25, 0.3) is 5.91 Å². The third kappa shape index (κ3) is 4.62. The Balaban J connectivity index is 1.36. The molecular formula is C24H25ClN4O3. The lowest BCUT2D eigenvalue weighted by molar-refractivity contribution is -0.130. The number of carbonyl (C=O) groups is 2. The van der Waals surface area contributed by atoms with Crippen molar-refractivity contribution in [1.29, 1.82) is 0 Å². The lowest BCUT2D eigenvalue weighted by atomic mass is 10.1. The van der Waals surface area contributed by atoms with Gasteiger partial charge in [0, 0.05) is 42.2 Å². The second-order valence-corrected chi connectivity index (χ2v) is 8.15. The number of pyridine rings is 1. The van der Waals surface area contributed by atoms with Gasteiger partial charge in [-0.3, -0.25) is 9.59 Å². The third-order valence-corrected chi connectivity index (χ3v) is 5.93. The normalized spacial score (nSPS) is 13.8. The van der Waals surface area contributed by atoms with Gasteiger partial charge in [-0.2, -0.15) is 0 Å². The molecule has 0 atom stereocenters. The van der Waals surface area contributed by atoms with Crippen molar-refractivity contribution in [2.75, 3.05) is 44.7 Å². The van der Waals surface area contributed by atoms with Crippen molar-refractivity contribution >= 4 is 40.1 Å². The number of aryl methyl sites for hydroxylation is 1. The standard InChI is InChI=1S/C24H25ClN4O3/c1-16-14-21(27-23-19(16)4-3-5-20(23)32-2)28-10-12-29(13-11-28)22(30)15-26-24(31)17-6-8-18(25)9-7-17/h3-9,14H,10-13,15H2,1-2H3,(H,26,31). The monoisotopic (exact) mass is 452 g/mol. The molecule has 32 heavy (non-hydrogen) atoms. The first-order chi connectivity index (χ1) is 15.5. The smallest absolute Gasteiger partial charge is 0.251 e. The maximum absolute atomic E-state index is 12.6. The number of hydrogen-bond donors (Lipinski definition) is 1. The predicted molar refractivity (Wildman–Crippen MR) is 126 cm³/mol. The van der Waals surface area contributed by atoms with E-state index in [1.165, 1.54) is 0 Å². The largest absolute Gasteiger partial charge is 0.494 e. The molecule has 7 nitrogen and oxygen atoms in total. The number of anilines is 1. The number of amides is 2. The van der Waals surface area contributed by atoms with Gasteiger partial charge in [0.15, 0.2) is 0 Å². The molecule has 0 unspecified atom stereocenters. The summed E-state index contributed by atoms with van der Waals surface area (Å²) in [5.41, 5.74) is 2.45. The average molecular weight is 453 g/mol. The number of piperazine rings is 1. The van der Waals surface area contributed by atoms with Gasteiger partial charge in [0.2, 0.25) is 5.91 Å². The summed E-state index contributed by atoms with van der Waals surface area (Å²) in [6, 6.07) is 14.6. The number of halogens is 1. The summed E-state index contributed by atoms with van der Waals surface area (Å²) in [5.74, 6) is 1.23. The van der Waals surface area contributed by atoms with Gasteiger partial charge in [-0.15, -0.1) is 0 Å². The molecule has 0 spiro atoms. The van der Waals surface area contributed by atoms with Gasteiger partial charge in [0.05, 0.1) is 13.7 Å². The number of ether oxygens (including phenoxy) is 1. The molecule has 2 aromatic carbocycles. The molecule has 0 aliphatic carbocycles. The van der Waals surface area contributed by atoms with Crippen LogP contribution < -0.4 is 15.0 Å². The summed E-state index contributed by atoms with van der Waals surface area (Å²) < 4.78 is 5.48. The number of rotatable bonds is 5. The van der Waals surface area contributed by atoms with Crippen molar-refractivity contribution in [2.45, 2.75) is 6.92 Å². The molecule has 1 N–H and O–H groups in total. The minimum absolute atomic E-state index is 0.0357. The van der Waals surface area contributed by atoms with E-state index in [-0.39, 0.29) is 18.4 Å². The molecule has 1 fully saturated rings. The van der Waals surface area contributed by atoms with Crippen molar-refractivity contribution in [2.24, 2.45) is 0 Å². The highest BCUT2D eigenvalue weighted by atomic mass is 35.5. The lowest BCUT2D eigenvalue weighted by Crippen LogP contribution is -2.51. The van der Waals surface area contributed by atoms with Crippen LogP contribution in [0.4, 0.5) is 5.82 Å². The van der Waals surface area contributed by atoms with Crippen molar-refractivity contribution < 1.29 is 14.3 Å². The fraction of sp³-hybridized carbons (Fsp3) is 0.292. The zero-order valence-corrected chi connectivity index (χ0v) is 18.9. The minimum atomic E-state index is -0.293. The van der Waals surface area contributed by atoms with Crippen LogP contribution in [0.3, 0.4) is 0 Å². The Kier molecular flexibility index (Phi) is 6.46. The van der Waals surface area contributed by atoms with E-state index in [9.17, 15) is 9.59 Å². The highest BCUT2D eigenvalue weighted by Crippen LogP contribution is 2.29. The fourth-order valence-electron chi connectivity index (χ4n) is 3.86. The topological polar surface area (TPSA) is 74.8 Å². The summed E-state index contributed by atoms with van der Waals surface area (Å²) >= 11 is 5.85. The van der Waals surface area contributed by atoms with Crippen molar-refractivity contribution in [3.63, 3.8) is 0 Å². The summed E-state index contributed by atoms with van der Waals surface area (Å²) in [6.45, 7) is 4.51. The molecule has 0 saturated carbocycles. The van der Waals surface area contributed by atoms with Crippen LogP contribution >= 0.6 is 11.6 Å². The average Bonchev–Trinajstić information content (AvgIpc) is 2.82. The van der Waals surface area contributed by atoms with E-state index in [1.807, 2.05) is 18.2 Å². The number of para-hydroxylation sites is 1. The zero-order valence-electron chi connectivity index (χ0n) is 18.1. The van der Waals surface area contributed by atoms with Crippen LogP contribution in [0.25, 0.3) is 10.9 Å². The molecule has 2 amide bonds. The van der Waals surface area contributed by atoms with Crippen molar-refractivity contribution in [3.8, 4) is 5.75 Å². The van der Waals surface area contributed by atoms with Crippen LogP contribution in [0, 0.1) is 6.92 Å². The molecule has 0 bridgehead atoms. The van der Waals surface area contributed by atoms with E-state index in [0.717, 1.165) is 28.0 Å². The Morgan fingerprint density at radius 2 is 1.81 bits per heavy atom. The minimum Gasteiger partial charge on any atom is -0.494 e. The molecule has 1 aliphatic rings. The van der Waals surface area contributed by atoms with Crippen LogP contribution in [0.2, 0.25) is 5.02 Å². The number of methoxy groups -OCH3 is 1. The van der Waals surface area contributed by atoms with Crippen LogP contribution in [0.1, 0.15) is 15.9 Å². The number of benzene rings is 2. The van der Waals surface area contributed by atoms with E-state index < -0.39 is 0 Å². The Morgan fingerprint density at radius 1 is 1.09 bits per heavy atom. The summed E-state index contributed by atoms with van der Waals surface area (Å²) in [5, 5.41) is 4.31. The van der Waals surface area contributed by atoms with E-state index in [1.54, 1.807) is 36.3 Å². The fourth-order valence-corrected chi connectivity index (χ4v) is 3.98. The number of hydrogen-bond acceptors (Lipinski definition) is 5. The lowest BCUT2D eigenvalue weighted by Gasteiger charge is -2.35. The van der Waals surface area contributed by atoms with Gasteiger partial charge in [-0.1, -0.05) is 23.7 Å². The van der Waals surface area contributed by atoms with Gasteiger partial charge in [-0.25, -0.2) is 4.98 Å². The number of aromatic nitrogens is 1. The molecule has 8 heteroatoms. The molecule has 4 rings (SSSR count). The SMILES string of the molecule is COc1cccc2c(C)cc(N3CCN(C(=O)CNC(=O)c4ccc(Cl)cc4)CC3)nc12. The summed E-state index contributed by atoms with van der Waals surface area (Å²) in [6.07, 6.45) is 0. The second-order valence-electron chi connectivity index (χ2n) is 7.71. The van der Waals surface area contributed by atoms with E-state index in [4.69, 9.17) is 21.3 Å². The molecule has 1 aromatic heterocycles. The molecule has 1 saturated heterocycles. The van der Waals surface area contributed by atoms with Gasteiger partial charge in [-0.05, 0) is 48.9 Å². The molecule has 1 aliphatic heterocycles. The van der Waals surface area contributed by atoms with Crippen LogP contribution in [0.15, 0.2) is 48.5 Å². The summed E-state index contributed by atoms with van der Waals surface area (Å²) in [4.78, 5) is 33.6. The first-order valence-corrected chi connectivity index (χ1v) is 10.8. The Labute approximate surface area is 191 Å². The quantitative estimate of drug-likeness (QED) is 0.643. The number of nitrogens with zero attached hydrogens (tertiary/aromatic N) is 3. The molecular weight excluding hydrogens is 428 g/mol. The first kappa shape index (κ1) is 21.9. The zero-order chi connectivity index (χ0) is 22.7. The second kappa shape index (κ2) is 9.44. The molecule has 2 heterocycles. The maximum atomic E-state index is 12.6. The van der Waals surface area contributed by atoms with Crippen LogP contribution in [-0.2, 0) is 4.79 Å². The summed E-state index contributed by atoms with van der Waals surface area (Å²) in [7, 11) is 1.65. The predicted octanol–water partition coefficient (Wildman–Crippen LogP) is 3.28. The number of carbonyl (C=O) groups excluding carboxylic acids is 2. The van der Waals surface area contributed by atoms with Crippen molar-refractivity contribution in [3.05, 3.63) is 64.7 Å². The Morgan fingerprint density at radius 3 is 2.50 bits per heavy atom. The van der Waals surface area contributed by atoms with Gasteiger partial charge in [0.1, 0.15) is 17.1 Å². The molecule has 3 aromatic rings. The molecule has 0 radical (unpaired) electrons. The highest BCUT2D eigenvalue weighted by molar-refractivity contribution is 6.30. The third-order valence-electron chi connectivity index (χ3n) is 5.68. The van der Waals surface area contributed by atoms with E-state index in [2.05, 4.69) is 23.2 Å². The van der Waals surface area contributed by atoms with Crippen LogP contribution in [-0.4, -0.2) is 61.5 Å². The van der Waals surface area contributed by atoms with Crippen LogP contribution in [0.5, 0.6) is 5.75 Å². The number of nitrogens with one attached hydrogen (secondary N) is 1. The first-order valence-electron chi connectivity index (χ1n) is 10.5. The Bertz CT molecular complexity index is 1140. The number of fused-ring (bicyclic) bond motifs is 1.